The Kier molecular flexibility index (Phi) is 7.07. The van der Waals surface area contributed by atoms with E-state index < -0.39 is 0 Å². The number of carbonyl (C=O) groups excluding carboxylic acids is 2. The van der Waals surface area contributed by atoms with E-state index in [4.69, 9.17) is 16.3 Å². The maximum absolute atomic E-state index is 12.8. The second kappa shape index (κ2) is 10.1. The van der Waals surface area contributed by atoms with Crippen molar-refractivity contribution in [3.8, 4) is 5.75 Å². The minimum absolute atomic E-state index is 0.0286. The standard InChI is InChI=1S/C24H24ClN3O3S/c1-16-20(24(30)28-11-2-3-12-28)5-4-6-21(16)27-22(29)13-18-15-32-23(26-18)14-31-19-9-7-17(25)8-10-19/h4-10,15H,2-3,11-14H2,1H3,(H,27,29). The predicted octanol–water partition coefficient (Wildman–Crippen LogP) is 5.10. The Bertz CT molecular complexity index is 1110. The van der Waals surface area contributed by atoms with Crippen LogP contribution >= 0.6 is 22.9 Å². The van der Waals surface area contributed by atoms with Gasteiger partial charge in [0.05, 0.1) is 12.1 Å². The molecule has 0 bridgehead atoms. The maximum atomic E-state index is 12.8. The number of halogens is 1. The quantitative estimate of drug-likeness (QED) is 0.522. The number of amides is 2. The number of rotatable bonds is 7. The Labute approximate surface area is 196 Å². The Hall–Kier alpha value is -2.90. The molecule has 2 aromatic carbocycles. The number of carbonyl (C=O) groups is 2. The van der Waals surface area contributed by atoms with Gasteiger partial charge in [-0.3, -0.25) is 9.59 Å². The summed E-state index contributed by atoms with van der Waals surface area (Å²) in [5.74, 6) is 0.568. The largest absolute Gasteiger partial charge is 0.486 e. The van der Waals surface area contributed by atoms with E-state index in [1.807, 2.05) is 29.3 Å². The van der Waals surface area contributed by atoms with E-state index in [-0.39, 0.29) is 18.2 Å². The van der Waals surface area contributed by atoms with Crippen LogP contribution < -0.4 is 10.1 Å². The van der Waals surface area contributed by atoms with Crippen LogP contribution in [0.5, 0.6) is 5.75 Å². The number of likely N-dealkylation sites (tertiary alicyclic amines) is 1. The van der Waals surface area contributed by atoms with Crippen molar-refractivity contribution in [1.29, 1.82) is 0 Å². The summed E-state index contributed by atoms with van der Waals surface area (Å²) in [6.45, 7) is 3.78. The van der Waals surface area contributed by atoms with Crippen LogP contribution in [0, 0.1) is 6.92 Å². The molecule has 2 heterocycles. The van der Waals surface area contributed by atoms with Gasteiger partial charge in [-0.15, -0.1) is 11.3 Å². The van der Waals surface area contributed by atoms with Crippen molar-refractivity contribution in [3.63, 3.8) is 0 Å². The SMILES string of the molecule is Cc1c(NC(=O)Cc2csc(COc3ccc(Cl)cc3)n2)cccc1C(=O)N1CCCC1. The van der Waals surface area contributed by atoms with Gasteiger partial charge in [-0.05, 0) is 61.7 Å². The lowest BCUT2D eigenvalue weighted by Gasteiger charge is -2.18. The monoisotopic (exact) mass is 469 g/mol. The number of nitrogens with zero attached hydrogens (tertiary/aromatic N) is 2. The van der Waals surface area contributed by atoms with Crippen LogP contribution in [0.2, 0.25) is 5.02 Å². The molecule has 0 radical (unpaired) electrons. The second-order valence-corrected chi connectivity index (χ2v) is 9.06. The first-order valence-electron chi connectivity index (χ1n) is 10.5. The van der Waals surface area contributed by atoms with Crippen LogP contribution in [0.15, 0.2) is 47.8 Å². The number of thiazole rings is 1. The maximum Gasteiger partial charge on any atom is 0.254 e. The molecule has 6 nitrogen and oxygen atoms in total. The van der Waals surface area contributed by atoms with Gasteiger partial charge >= 0.3 is 0 Å². The predicted molar refractivity (Wildman–Crippen MR) is 127 cm³/mol. The number of nitrogens with one attached hydrogen (secondary N) is 1. The lowest BCUT2D eigenvalue weighted by atomic mass is 10.1. The molecule has 3 aromatic rings. The number of aromatic nitrogens is 1. The zero-order chi connectivity index (χ0) is 22.5. The van der Waals surface area contributed by atoms with Gasteiger partial charge in [0.2, 0.25) is 5.91 Å². The van der Waals surface area contributed by atoms with Crippen LogP contribution in [-0.2, 0) is 17.8 Å². The van der Waals surface area contributed by atoms with Gasteiger partial charge in [0, 0.05) is 34.7 Å². The number of benzene rings is 2. The summed E-state index contributed by atoms with van der Waals surface area (Å²) in [6.07, 6.45) is 2.24. The third-order valence-electron chi connectivity index (χ3n) is 5.35. The summed E-state index contributed by atoms with van der Waals surface area (Å²) < 4.78 is 5.71. The Morgan fingerprint density at radius 2 is 1.91 bits per heavy atom. The van der Waals surface area contributed by atoms with Crippen LogP contribution in [0.25, 0.3) is 0 Å². The first-order valence-corrected chi connectivity index (χ1v) is 11.8. The topological polar surface area (TPSA) is 71.5 Å². The van der Waals surface area contributed by atoms with Gasteiger partial charge in [0.1, 0.15) is 17.4 Å². The fraction of sp³-hybridized carbons (Fsp3) is 0.292. The van der Waals surface area contributed by atoms with Crippen molar-refractivity contribution in [2.45, 2.75) is 32.8 Å². The first-order chi connectivity index (χ1) is 15.5. The smallest absolute Gasteiger partial charge is 0.254 e. The van der Waals surface area contributed by atoms with Gasteiger partial charge in [-0.1, -0.05) is 17.7 Å². The van der Waals surface area contributed by atoms with E-state index in [1.165, 1.54) is 11.3 Å². The summed E-state index contributed by atoms with van der Waals surface area (Å²) in [5, 5.41) is 6.23. The molecule has 32 heavy (non-hydrogen) atoms. The number of hydrogen-bond acceptors (Lipinski definition) is 5. The van der Waals surface area contributed by atoms with E-state index in [9.17, 15) is 9.59 Å². The summed E-state index contributed by atoms with van der Waals surface area (Å²) in [7, 11) is 0. The molecule has 0 unspecified atom stereocenters. The molecule has 166 valence electrons. The van der Waals surface area contributed by atoms with Gasteiger partial charge in [-0.25, -0.2) is 4.98 Å². The molecule has 0 atom stereocenters. The molecule has 0 aliphatic carbocycles. The van der Waals surface area contributed by atoms with Gasteiger partial charge in [-0.2, -0.15) is 0 Å². The molecule has 1 saturated heterocycles. The molecule has 2 amide bonds. The van der Waals surface area contributed by atoms with Gasteiger partial charge in [0.25, 0.3) is 5.91 Å². The van der Waals surface area contributed by atoms with E-state index in [0.717, 1.165) is 36.5 Å². The zero-order valence-electron chi connectivity index (χ0n) is 17.8. The summed E-state index contributed by atoms with van der Waals surface area (Å²) in [4.78, 5) is 31.7. The van der Waals surface area contributed by atoms with Crippen LogP contribution in [0.4, 0.5) is 5.69 Å². The average Bonchev–Trinajstić information content (AvgIpc) is 3.47. The lowest BCUT2D eigenvalue weighted by molar-refractivity contribution is -0.115. The molecular formula is C24H24ClN3O3S. The fourth-order valence-corrected chi connectivity index (χ4v) is 4.46. The third-order valence-corrected chi connectivity index (χ3v) is 6.47. The van der Waals surface area contributed by atoms with Crippen molar-refractivity contribution < 1.29 is 14.3 Å². The highest BCUT2D eigenvalue weighted by molar-refractivity contribution is 7.09. The fourth-order valence-electron chi connectivity index (χ4n) is 3.62. The molecule has 4 rings (SSSR count). The average molecular weight is 470 g/mol. The summed E-state index contributed by atoms with van der Waals surface area (Å²) in [5.41, 5.74) is 2.76. The highest BCUT2D eigenvalue weighted by atomic mass is 35.5. The van der Waals surface area contributed by atoms with Crippen molar-refractivity contribution in [3.05, 3.63) is 74.7 Å². The molecule has 1 aromatic heterocycles. The van der Waals surface area contributed by atoms with Crippen LogP contribution in [-0.4, -0.2) is 34.8 Å². The molecule has 1 aliphatic heterocycles. The molecular weight excluding hydrogens is 446 g/mol. The van der Waals surface area contributed by atoms with E-state index in [2.05, 4.69) is 10.3 Å². The highest BCUT2D eigenvalue weighted by Crippen LogP contribution is 2.23. The molecule has 8 heteroatoms. The Morgan fingerprint density at radius 3 is 2.66 bits per heavy atom. The van der Waals surface area contributed by atoms with Crippen molar-refractivity contribution in [2.75, 3.05) is 18.4 Å². The van der Waals surface area contributed by atoms with Crippen LogP contribution in [0.3, 0.4) is 0 Å². The summed E-state index contributed by atoms with van der Waals surface area (Å²) in [6, 6.07) is 12.6. The van der Waals surface area contributed by atoms with Gasteiger partial charge < -0.3 is 15.0 Å². The molecule has 1 N–H and O–H groups in total. The van der Waals surface area contributed by atoms with Crippen molar-refractivity contribution in [2.24, 2.45) is 0 Å². The minimum atomic E-state index is -0.172. The molecule has 0 saturated carbocycles. The third kappa shape index (κ3) is 5.47. The van der Waals surface area contributed by atoms with Crippen molar-refractivity contribution >= 4 is 40.4 Å². The molecule has 1 aliphatic rings. The van der Waals surface area contributed by atoms with Gasteiger partial charge in [0.15, 0.2) is 0 Å². The number of anilines is 1. The van der Waals surface area contributed by atoms with E-state index in [1.54, 1.807) is 30.3 Å². The lowest BCUT2D eigenvalue weighted by Crippen LogP contribution is -2.28. The summed E-state index contributed by atoms with van der Waals surface area (Å²) >= 11 is 7.33. The minimum Gasteiger partial charge on any atom is -0.486 e. The molecule has 0 spiro atoms. The Balaban J connectivity index is 1.34. The first kappa shape index (κ1) is 22.3. The highest BCUT2D eigenvalue weighted by Gasteiger charge is 2.22. The number of ether oxygens (including phenoxy) is 1. The molecule has 1 fully saturated rings. The van der Waals surface area contributed by atoms with Crippen molar-refractivity contribution in [1.82, 2.24) is 9.88 Å². The van der Waals surface area contributed by atoms with Crippen LogP contribution in [0.1, 0.15) is 39.5 Å². The van der Waals surface area contributed by atoms with E-state index >= 15 is 0 Å². The Morgan fingerprint density at radius 1 is 1.16 bits per heavy atom. The van der Waals surface area contributed by atoms with E-state index in [0.29, 0.717) is 34.3 Å². The number of hydrogen-bond donors (Lipinski definition) is 1. The second-order valence-electron chi connectivity index (χ2n) is 7.68. The normalized spacial score (nSPS) is 13.2. The zero-order valence-corrected chi connectivity index (χ0v) is 19.3.